The Labute approximate surface area is 107 Å². The third-order valence-electron chi connectivity index (χ3n) is 2.30. The minimum absolute atomic E-state index is 0.00597. The summed E-state index contributed by atoms with van der Waals surface area (Å²) in [5.41, 5.74) is 0.0955. The summed E-state index contributed by atoms with van der Waals surface area (Å²) in [6.45, 7) is -1.71. The molecule has 0 aliphatic carbocycles. The van der Waals surface area contributed by atoms with Crippen molar-refractivity contribution >= 4 is 5.78 Å². The van der Waals surface area contributed by atoms with Crippen molar-refractivity contribution in [3.05, 3.63) is 29.6 Å². The topological polar surface area (TPSA) is 38.3 Å². The molecule has 0 aliphatic rings. The first kappa shape index (κ1) is 15.4. The molecular formula is C12H13F4NO2. The third kappa shape index (κ3) is 5.25. The molecule has 1 N–H and O–H groups in total. The van der Waals surface area contributed by atoms with Gasteiger partial charge in [0.25, 0.3) is 0 Å². The first-order chi connectivity index (χ1) is 8.83. The molecule has 0 heterocycles. The summed E-state index contributed by atoms with van der Waals surface area (Å²) in [5, 5.41) is 1.97. The first-order valence-corrected chi connectivity index (χ1v) is 5.44. The Morgan fingerprint density at radius 2 is 2.05 bits per heavy atom. The number of nitrogens with one attached hydrogen (secondary N) is 1. The summed E-state index contributed by atoms with van der Waals surface area (Å²) < 4.78 is 53.9. The second kappa shape index (κ2) is 6.51. The van der Waals surface area contributed by atoms with Gasteiger partial charge in [-0.05, 0) is 11.6 Å². The van der Waals surface area contributed by atoms with Crippen LogP contribution in [-0.2, 0) is 11.2 Å². The maximum atomic E-state index is 13.7. The van der Waals surface area contributed by atoms with Gasteiger partial charge < -0.3 is 10.1 Å². The van der Waals surface area contributed by atoms with Gasteiger partial charge in [0.2, 0.25) is 0 Å². The highest BCUT2D eigenvalue weighted by atomic mass is 19.4. The summed E-state index contributed by atoms with van der Waals surface area (Å²) in [6, 6.07) is 4.29. The number of carbonyl (C=O) groups excluding carboxylic acids is 1. The second-order valence-electron chi connectivity index (χ2n) is 3.87. The standard InChI is InChI=1S/C12H13F4NO2/c1-19-10-4-2-3-8(11(10)13)5-9(18)6-17-7-12(14,15)16/h2-4,17H,5-7H2,1H3. The Balaban J connectivity index is 2.53. The normalized spacial score (nSPS) is 11.4. The van der Waals surface area contributed by atoms with Crippen LogP contribution >= 0.6 is 0 Å². The molecule has 0 aromatic heterocycles. The van der Waals surface area contributed by atoms with E-state index in [-0.39, 0.29) is 17.7 Å². The predicted molar refractivity (Wildman–Crippen MR) is 60.6 cm³/mol. The Kier molecular flexibility index (Phi) is 5.29. The Morgan fingerprint density at radius 3 is 2.63 bits per heavy atom. The first-order valence-electron chi connectivity index (χ1n) is 5.44. The van der Waals surface area contributed by atoms with Gasteiger partial charge >= 0.3 is 6.18 Å². The van der Waals surface area contributed by atoms with E-state index in [1.165, 1.54) is 25.3 Å². The molecule has 0 atom stereocenters. The van der Waals surface area contributed by atoms with E-state index < -0.39 is 30.9 Å². The lowest BCUT2D eigenvalue weighted by Gasteiger charge is -2.09. The molecule has 1 aromatic carbocycles. The van der Waals surface area contributed by atoms with Crippen molar-refractivity contribution in [1.29, 1.82) is 0 Å². The van der Waals surface area contributed by atoms with Crippen LogP contribution in [0.5, 0.6) is 5.75 Å². The van der Waals surface area contributed by atoms with Crippen molar-refractivity contribution in [1.82, 2.24) is 5.32 Å². The van der Waals surface area contributed by atoms with Gasteiger partial charge in [0, 0.05) is 6.42 Å². The summed E-state index contributed by atoms with van der Waals surface area (Å²) in [4.78, 5) is 11.4. The Morgan fingerprint density at radius 1 is 1.37 bits per heavy atom. The highest BCUT2D eigenvalue weighted by Crippen LogP contribution is 2.20. The zero-order chi connectivity index (χ0) is 14.5. The number of halogens is 4. The van der Waals surface area contributed by atoms with Crippen molar-refractivity contribution in [2.24, 2.45) is 0 Å². The second-order valence-corrected chi connectivity index (χ2v) is 3.87. The molecule has 0 bridgehead atoms. The number of hydrogen-bond acceptors (Lipinski definition) is 3. The number of rotatable bonds is 6. The van der Waals surface area contributed by atoms with Gasteiger partial charge in [0.05, 0.1) is 20.2 Å². The number of carbonyl (C=O) groups is 1. The van der Waals surface area contributed by atoms with Gasteiger partial charge in [0.15, 0.2) is 17.3 Å². The number of benzene rings is 1. The van der Waals surface area contributed by atoms with Crippen molar-refractivity contribution in [3.8, 4) is 5.75 Å². The fraction of sp³-hybridized carbons (Fsp3) is 0.417. The highest BCUT2D eigenvalue weighted by molar-refractivity contribution is 5.82. The summed E-state index contributed by atoms with van der Waals surface area (Å²) in [5.74, 6) is -1.21. The van der Waals surface area contributed by atoms with E-state index >= 15 is 0 Å². The molecule has 0 aliphatic heterocycles. The van der Waals surface area contributed by atoms with Gasteiger partial charge in [-0.25, -0.2) is 4.39 Å². The van der Waals surface area contributed by atoms with Crippen molar-refractivity contribution < 1.29 is 27.1 Å². The smallest absolute Gasteiger partial charge is 0.401 e. The SMILES string of the molecule is COc1cccc(CC(=O)CNCC(F)(F)F)c1F. The predicted octanol–water partition coefficient (Wildman–Crippen LogP) is 2.10. The van der Waals surface area contributed by atoms with E-state index in [0.717, 1.165) is 0 Å². The fourth-order valence-corrected chi connectivity index (χ4v) is 1.47. The van der Waals surface area contributed by atoms with Crippen molar-refractivity contribution in [2.45, 2.75) is 12.6 Å². The summed E-state index contributed by atoms with van der Waals surface area (Å²) in [7, 11) is 1.29. The molecule has 1 aromatic rings. The number of hydrogen-bond donors (Lipinski definition) is 1. The van der Waals surface area contributed by atoms with E-state index in [1.54, 1.807) is 0 Å². The average molecular weight is 279 g/mol. The van der Waals surface area contributed by atoms with Gasteiger partial charge in [-0.3, -0.25) is 4.79 Å². The lowest BCUT2D eigenvalue weighted by molar-refractivity contribution is -0.127. The molecule has 3 nitrogen and oxygen atoms in total. The fourth-order valence-electron chi connectivity index (χ4n) is 1.47. The van der Waals surface area contributed by atoms with Crippen LogP contribution < -0.4 is 10.1 Å². The molecule has 106 valence electrons. The minimum atomic E-state index is -4.37. The van der Waals surface area contributed by atoms with Crippen LogP contribution in [0, 0.1) is 5.82 Å². The number of alkyl halides is 3. The molecule has 1 rings (SSSR count). The van der Waals surface area contributed by atoms with Crippen LogP contribution in [0.4, 0.5) is 17.6 Å². The van der Waals surface area contributed by atoms with E-state index in [2.05, 4.69) is 0 Å². The van der Waals surface area contributed by atoms with E-state index in [1.807, 2.05) is 5.32 Å². The highest BCUT2D eigenvalue weighted by Gasteiger charge is 2.26. The van der Waals surface area contributed by atoms with Gasteiger partial charge in [-0.15, -0.1) is 0 Å². The maximum absolute atomic E-state index is 13.7. The lowest BCUT2D eigenvalue weighted by Crippen LogP contribution is -2.33. The minimum Gasteiger partial charge on any atom is -0.494 e. The molecule has 0 saturated carbocycles. The molecule has 0 radical (unpaired) electrons. The summed E-state index contributed by atoms with van der Waals surface area (Å²) in [6.07, 6.45) is -4.66. The molecule has 0 amide bonds. The molecular weight excluding hydrogens is 266 g/mol. The largest absolute Gasteiger partial charge is 0.494 e. The Hall–Kier alpha value is -1.63. The van der Waals surface area contributed by atoms with Crippen molar-refractivity contribution in [2.75, 3.05) is 20.2 Å². The van der Waals surface area contributed by atoms with E-state index in [9.17, 15) is 22.4 Å². The molecule has 0 spiro atoms. The molecule has 0 saturated heterocycles. The van der Waals surface area contributed by atoms with Gasteiger partial charge in [-0.1, -0.05) is 12.1 Å². The number of Topliss-reactive ketones (excluding diaryl/α,β-unsaturated/α-hetero) is 1. The number of ether oxygens (including phenoxy) is 1. The number of ketones is 1. The van der Waals surface area contributed by atoms with Gasteiger partial charge in [0.1, 0.15) is 0 Å². The number of methoxy groups -OCH3 is 1. The molecule has 0 fully saturated rings. The molecule has 0 unspecified atom stereocenters. The lowest BCUT2D eigenvalue weighted by atomic mass is 10.1. The van der Waals surface area contributed by atoms with Crippen molar-refractivity contribution in [3.63, 3.8) is 0 Å². The quantitative estimate of drug-likeness (QED) is 0.810. The maximum Gasteiger partial charge on any atom is 0.401 e. The zero-order valence-corrected chi connectivity index (χ0v) is 10.2. The van der Waals surface area contributed by atoms with Crippen LogP contribution in [0.15, 0.2) is 18.2 Å². The van der Waals surface area contributed by atoms with E-state index in [0.29, 0.717) is 0 Å². The monoisotopic (exact) mass is 279 g/mol. The molecule has 19 heavy (non-hydrogen) atoms. The summed E-state index contributed by atoms with van der Waals surface area (Å²) >= 11 is 0. The van der Waals surface area contributed by atoms with Crippen LogP contribution in [-0.4, -0.2) is 32.2 Å². The third-order valence-corrected chi connectivity index (χ3v) is 2.30. The average Bonchev–Trinajstić information content (AvgIpc) is 2.30. The Bertz CT molecular complexity index is 446. The van der Waals surface area contributed by atoms with Crippen LogP contribution in [0.3, 0.4) is 0 Å². The van der Waals surface area contributed by atoms with Crippen LogP contribution in [0.2, 0.25) is 0 Å². The zero-order valence-electron chi connectivity index (χ0n) is 10.2. The van der Waals surface area contributed by atoms with Crippen LogP contribution in [0.25, 0.3) is 0 Å². The van der Waals surface area contributed by atoms with Gasteiger partial charge in [-0.2, -0.15) is 13.2 Å². The van der Waals surface area contributed by atoms with Crippen LogP contribution in [0.1, 0.15) is 5.56 Å². The molecule has 7 heteroatoms. The van der Waals surface area contributed by atoms with E-state index in [4.69, 9.17) is 4.74 Å².